The topological polar surface area (TPSA) is 0 Å². The molecule has 0 aliphatic heterocycles. The summed E-state index contributed by atoms with van der Waals surface area (Å²) in [6.07, 6.45) is 9.74. The van der Waals surface area contributed by atoms with Crippen LogP contribution in [-0.4, -0.2) is 0 Å². The lowest BCUT2D eigenvalue weighted by molar-refractivity contribution is 0.798. The summed E-state index contributed by atoms with van der Waals surface area (Å²) in [5, 5.41) is 0. The van der Waals surface area contributed by atoms with Gasteiger partial charge < -0.3 is 0 Å². The van der Waals surface area contributed by atoms with E-state index in [0.29, 0.717) is 5.92 Å². The standard InChI is InChI=1S/C16H22/c1-5-7-8-9-15(6-2)16-11-10-13(3)12-14(16)4/h5,7-12,15H,6H2,1-4H3. The molecule has 0 fully saturated rings. The molecule has 0 heterocycles. The van der Waals surface area contributed by atoms with E-state index < -0.39 is 0 Å². The molecule has 86 valence electrons. The second kappa shape index (κ2) is 6.32. The summed E-state index contributed by atoms with van der Waals surface area (Å²) < 4.78 is 0. The molecule has 0 heteroatoms. The molecule has 0 aromatic heterocycles. The van der Waals surface area contributed by atoms with Crippen molar-refractivity contribution in [2.75, 3.05) is 0 Å². The molecule has 0 spiro atoms. The highest BCUT2D eigenvalue weighted by atomic mass is 14.1. The SMILES string of the molecule is CC=CC=CC(CC)c1ccc(C)cc1C. The van der Waals surface area contributed by atoms with Gasteiger partial charge in [0.15, 0.2) is 0 Å². The van der Waals surface area contributed by atoms with Gasteiger partial charge in [0.1, 0.15) is 0 Å². The highest BCUT2D eigenvalue weighted by molar-refractivity contribution is 5.35. The first-order chi connectivity index (χ1) is 7.69. The van der Waals surface area contributed by atoms with E-state index in [9.17, 15) is 0 Å². The van der Waals surface area contributed by atoms with Crippen LogP contribution < -0.4 is 0 Å². The second-order valence-electron chi connectivity index (χ2n) is 4.29. The minimum atomic E-state index is 0.539. The molecule has 0 saturated carbocycles. The summed E-state index contributed by atoms with van der Waals surface area (Å²) in [5.41, 5.74) is 4.19. The molecule has 1 aromatic carbocycles. The number of aryl methyl sites for hydroxylation is 2. The summed E-state index contributed by atoms with van der Waals surface area (Å²) in [4.78, 5) is 0. The number of hydrogen-bond acceptors (Lipinski definition) is 0. The molecular formula is C16H22. The molecule has 0 N–H and O–H groups in total. The molecular weight excluding hydrogens is 192 g/mol. The van der Waals surface area contributed by atoms with Gasteiger partial charge >= 0.3 is 0 Å². The summed E-state index contributed by atoms with van der Waals surface area (Å²) in [5.74, 6) is 0.539. The van der Waals surface area contributed by atoms with Crippen LogP contribution in [-0.2, 0) is 0 Å². The minimum absolute atomic E-state index is 0.539. The highest BCUT2D eigenvalue weighted by Gasteiger charge is 2.07. The van der Waals surface area contributed by atoms with Crippen molar-refractivity contribution in [2.45, 2.75) is 40.0 Å². The van der Waals surface area contributed by atoms with Crippen molar-refractivity contribution in [3.8, 4) is 0 Å². The minimum Gasteiger partial charge on any atom is -0.0877 e. The maximum atomic E-state index is 2.29. The van der Waals surface area contributed by atoms with E-state index in [1.54, 1.807) is 0 Å². The lowest BCUT2D eigenvalue weighted by atomic mass is 9.91. The third kappa shape index (κ3) is 3.37. The van der Waals surface area contributed by atoms with Crippen LogP contribution in [0.4, 0.5) is 0 Å². The van der Waals surface area contributed by atoms with Crippen LogP contribution in [0.2, 0.25) is 0 Å². The van der Waals surface area contributed by atoms with E-state index in [4.69, 9.17) is 0 Å². The average Bonchev–Trinajstić information content (AvgIpc) is 2.26. The summed E-state index contributed by atoms with van der Waals surface area (Å²) >= 11 is 0. The third-order valence-electron chi connectivity index (χ3n) is 2.91. The zero-order chi connectivity index (χ0) is 12.0. The van der Waals surface area contributed by atoms with Gasteiger partial charge in [-0.15, -0.1) is 0 Å². The molecule has 1 atom stereocenters. The lowest BCUT2D eigenvalue weighted by Crippen LogP contribution is -1.96. The highest BCUT2D eigenvalue weighted by Crippen LogP contribution is 2.25. The largest absolute Gasteiger partial charge is 0.0877 e. The van der Waals surface area contributed by atoms with Gasteiger partial charge in [0.2, 0.25) is 0 Å². The van der Waals surface area contributed by atoms with Crippen LogP contribution in [0.5, 0.6) is 0 Å². The normalized spacial score (nSPS) is 13.8. The van der Waals surface area contributed by atoms with E-state index in [0.717, 1.165) is 6.42 Å². The molecule has 1 unspecified atom stereocenters. The Balaban J connectivity index is 2.95. The zero-order valence-corrected chi connectivity index (χ0v) is 10.8. The van der Waals surface area contributed by atoms with Gasteiger partial charge in [0, 0.05) is 5.92 Å². The fourth-order valence-electron chi connectivity index (χ4n) is 2.01. The van der Waals surface area contributed by atoms with Gasteiger partial charge in [-0.1, -0.05) is 55.0 Å². The van der Waals surface area contributed by atoms with E-state index in [2.05, 4.69) is 63.3 Å². The van der Waals surface area contributed by atoms with Crippen molar-refractivity contribution in [3.05, 3.63) is 59.2 Å². The summed E-state index contributed by atoms with van der Waals surface area (Å²) in [6.45, 7) is 8.63. The van der Waals surface area contributed by atoms with Gasteiger partial charge in [-0.3, -0.25) is 0 Å². The average molecular weight is 214 g/mol. The summed E-state index contributed by atoms with van der Waals surface area (Å²) in [6, 6.07) is 6.73. The molecule has 0 bridgehead atoms. The van der Waals surface area contributed by atoms with Crippen LogP contribution >= 0.6 is 0 Å². The number of rotatable bonds is 4. The molecule has 0 amide bonds. The second-order valence-corrected chi connectivity index (χ2v) is 4.29. The van der Waals surface area contributed by atoms with Crippen molar-refractivity contribution in [1.82, 2.24) is 0 Å². The summed E-state index contributed by atoms with van der Waals surface area (Å²) in [7, 11) is 0. The molecule has 0 saturated heterocycles. The molecule has 1 rings (SSSR count). The Hall–Kier alpha value is -1.30. The van der Waals surface area contributed by atoms with Crippen LogP contribution in [0.1, 0.15) is 42.9 Å². The fourth-order valence-corrected chi connectivity index (χ4v) is 2.01. The zero-order valence-electron chi connectivity index (χ0n) is 10.8. The fraction of sp³-hybridized carbons (Fsp3) is 0.375. The van der Waals surface area contributed by atoms with Crippen molar-refractivity contribution < 1.29 is 0 Å². The van der Waals surface area contributed by atoms with Crippen LogP contribution in [0.25, 0.3) is 0 Å². The monoisotopic (exact) mass is 214 g/mol. The number of allylic oxidation sites excluding steroid dienone is 4. The predicted octanol–water partition coefficient (Wildman–Crippen LogP) is 4.93. The van der Waals surface area contributed by atoms with E-state index in [-0.39, 0.29) is 0 Å². The third-order valence-corrected chi connectivity index (χ3v) is 2.91. The molecule has 1 aromatic rings. The molecule has 16 heavy (non-hydrogen) atoms. The van der Waals surface area contributed by atoms with Gasteiger partial charge in [-0.25, -0.2) is 0 Å². The maximum Gasteiger partial charge on any atom is 0.00210 e. The van der Waals surface area contributed by atoms with Crippen molar-refractivity contribution in [2.24, 2.45) is 0 Å². The van der Waals surface area contributed by atoms with Gasteiger partial charge in [-0.05, 0) is 38.3 Å². The van der Waals surface area contributed by atoms with Gasteiger partial charge in [0.05, 0.1) is 0 Å². The van der Waals surface area contributed by atoms with Gasteiger partial charge in [-0.2, -0.15) is 0 Å². The van der Waals surface area contributed by atoms with E-state index in [1.807, 2.05) is 6.92 Å². The lowest BCUT2D eigenvalue weighted by Gasteiger charge is -2.14. The number of benzene rings is 1. The van der Waals surface area contributed by atoms with E-state index >= 15 is 0 Å². The Kier molecular flexibility index (Phi) is 5.04. The first kappa shape index (κ1) is 12.8. The molecule has 0 aliphatic carbocycles. The smallest absolute Gasteiger partial charge is 0.00210 e. The van der Waals surface area contributed by atoms with Crippen molar-refractivity contribution >= 4 is 0 Å². The number of hydrogen-bond donors (Lipinski definition) is 0. The Morgan fingerprint density at radius 2 is 1.94 bits per heavy atom. The van der Waals surface area contributed by atoms with Crippen LogP contribution in [0.3, 0.4) is 0 Å². The molecule has 0 nitrogen and oxygen atoms in total. The molecule has 0 radical (unpaired) electrons. The first-order valence-corrected chi connectivity index (χ1v) is 6.05. The Labute approximate surface area is 99.7 Å². The first-order valence-electron chi connectivity index (χ1n) is 6.05. The maximum absolute atomic E-state index is 2.29. The van der Waals surface area contributed by atoms with Crippen LogP contribution in [0, 0.1) is 13.8 Å². The Bertz CT molecular complexity index is 383. The predicted molar refractivity (Wildman–Crippen MR) is 72.9 cm³/mol. The molecule has 0 aliphatic rings. The Morgan fingerprint density at radius 3 is 2.50 bits per heavy atom. The quantitative estimate of drug-likeness (QED) is 0.623. The Morgan fingerprint density at radius 1 is 1.19 bits per heavy atom. The van der Waals surface area contributed by atoms with E-state index in [1.165, 1.54) is 16.7 Å². The van der Waals surface area contributed by atoms with Crippen molar-refractivity contribution in [1.29, 1.82) is 0 Å². The van der Waals surface area contributed by atoms with Crippen molar-refractivity contribution in [3.63, 3.8) is 0 Å². The van der Waals surface area contributed by atoms with Crippen LogP contribution in [0.15, 0.2) is 42.5 Å². The van der Waals surface area contributed by atoms with Gasteiger partial charge in [0.25, 0.3) is 0 Å².